The van der Waals surface area contributed by atoms with Gasteiger partial charge in [-0.2, -0.15) is 44.6 Å². The first kappa shape index (κ1) is 32.8. The number of fused-ring (bicyclic) bond motifs is 3. The standard InChI is InChI=1S/C21H18ClF6N7O2.C2HF3O2/c1-19(21(26,27)28)9-34(12-8-30-15-6-14(22)33-35(15)17(12)19)18(36)31-10-4-13(20(23,24)25)32-16(5-10)37-11-2-3-29-7-11;3-2(4,5)1(6)7/h4-6,8,11,29H,2-3,7,9H2,1H3,(H,31,32,36);(H,6,7)/t11-,19?;/m0./s1. The number of ether oxygens (including phenoxy) is 1. The molecule has 240 valence electrons. The van der Waals surface area contributed by atoms with E-state index in [0.29, 0.717) is 25.6 Å². The van der Waals surface area contributed by atoms with Crippen molar-refractivity contribution in [3.05, 3.63) is 40.9 Å². The molecule has 0 aromatic carbocycles. The first-order chi connectivity index (χ1) is 20.2. The number of aromatic nitrogens is 4. The second-order valence-corrected chi connectivity index (χ2v) is 10.1. The van der Waals surface area contributed by atoms with Crippen molar-refractivity contribution in [1.82, 2.24) is 24.9 Å². The van der Waals surface area contributed by atoms with E-state index in [1.165, 1.54) is 6.07 Å². The van der Waals surface area contributed by atoms with Crippen LogP contribution in [-0.4, -0.2) is 74.8 Å². The third-order valence-electron chi connectivity index (χ3n) is 6.48. The quantitative estimate of drug-likeness (QED) is 0.332. The van der Waals surface area contributed by atoms with Gasteiger partial charge in [0.05, 0.1) is 17.6 Å². The van der Waals surface area contributed by atoms with Gasteiger partial charge in [0.1, 0.15) is 11.5 Å². The van der Waals surface area contributed by atoms with Crippen LogP contribution in [0.2, 0.25) is 5.15 Å². The molecule has 3 aromatic heterocycles. The molecule has 0 aliphatic carbocycles. The molecule has 1 unspecified atom stereocenters. The maximum absolute atomic E-state index is 14.2. The lowest BCUT2D eigenvalue weighted by molar-refractivity contribution is -0.192. The fraction of sp³-hybridized carbons (Fsp3) is 0.435. The highest BCUT2D eigenvalue weighted by Crippen LogP contribution is 2.50. The molecule has 0 saturated carbocycles. The highest BCUT2D eigenvalue weighted by molar-refractivity contribution is 6.29. The van der Waals surface area contributed by atoms with Crippen LogP contribution in [0.1, 0.15) is 24.7 Å². The van der Waals surface area contributed by atoms with Gasteiger partial charge in [-0.1, -0.05) is 11.6 Å². The number of carboxylic acids is 1. The van der Waals surface area contributed by atoms with E-state index in [4.69, 9.17) is 26.2 Å². The Morgan fingerprint density at radius 1 is 1.14 bits per heavy atom. The monoisotopic (exact) mass is 663 g/mol. The van der Waals surface area contributed by atoms with Crippen molar-refractivity contribution in [2.45, 2.75) is 43.4 Å². The van der Waals surface area contributed by atoms with Gasteiger partial charge in [0.25, 0.3) is 0 Å². The summed E-state index contributed by atoms with van der Waals surface area (Å²) in [6, 6.07) is 1.81. The number of rotatable bonds is 3. The van der Waals surface area contributed by atoms with Gasteiger partial charge >= 0.3 is 30.5 Å². The molecule has 1 fully saturated rings. The molecule has 11 nitrogen and oxygen atoms in total. The highest BCUT2D eigenvalue weighted by Gasteiger charge is 2.60. The second-order valence-electron chi connectivity index (χ2n) is 9.69. The number of pyridine rings is 1. The number of alkyl halides is 9. The number of carbonyl (C=O) groups is 2. The summed E-state index contributed by atoms with van der Waals surface area (Å²) in [5, 5.41) is 16.1. The van der Waals surface area contributed by atoms with Gasteiger partial charge in [0.2, 0.25) is 5.88 Å². The highest BCUT2D eigenvalue weighted by atomic mass is 35.5. The number of amides is 2. The summed E-state index contributed by atoms with van der Waals surface area (Å²) in [5.74, 6) is -3.14. The number of anilines is 2. The van der Waals surface area contributed by atoms with E-state index >= 15 is 0 Å². The molecule has 5 rings (SSSR count). The van der Waals surface area contributed by atoms with Gasteiger partial charge < -0.3 is 20.5 Å². The van der Waals surface area contributed by atoms with Crippen molar-refractivity contribution >= 4 is 40.6 Å². The maximum Gasteiger partial charge on any atom is 0.490 e. The van der Waals surface area contributed by atoms with E-state index in [1.807, 2.05) is 0 Å². The number of carbonyl (C=O) groups excluding carboxylic acids is 1. The van der Waals surface area contributed by atoms with Crippen LogP contribution in [0.5, 0.6) is 5.88 Å². The lowest BCUT2D eigenvalue weighted by atomic mass is 9.88. The lowest BCUT2D eigenvalue weighted by Crippen LogP contribution is -2.46. The van der Waals surface area contributed by atoms with E-state index in [0.717, 1.165) is 28.6 Å². The Hall–Kier alpha value is -4.07. The molecular formula is C23H19ClF9N7O4. The molecule has 0 spiro atoms. The molecule has 2 aliphatic heterocycles. The third-order valence-corrected chi connectivity index (χ3v) is 6.67. The summed E-state index contributed by atoms with van der Waals surface area (Å²) >= 11 is 5.87. The number of nitrogens with zero attached hydrogens (tertiary/aromatic N) is 5. The minimum absolute atomic E-state index is 0.0358. The number of hydrogen-bond acceptors (Lipinski definition) is 7. The SMILES string of the molecule is CC1(C(F)(F)F)CN(C(=O)Nc2cc(O[C@H]3CCNC3)nc(C(F)(F)F)c2)c2cnc3cc(Cl)nn3c21.O=C(O)C(F)(F)F. The Balaban J connectivity index is 0.000000566. The summed E-state index contributed by atoms with van der Waals surface area (Å²) in [5.41, 5.74) is -4.82. The second kappa shape index (κ2) is 11.5. The largest absolute Gasteiger partial charge is 0.490 e. The number of carboxylic acid groups (broad SMARTS) is 1. The Morgan fingerprint density at radius 2 is 1.80 bits per heavy atom. The van der Waals surface area contributed by atoms with Crippen LogP contribution in [-0.2, 0) is 16.4 Å². The van der Waals surface area contributed by atoms with Crippen LogP contribution in [0, 0.1) is 0 Å². The van der Waals surface area contributed by atoms with Crippen LogP contribution in [0.3, 0.4) is 0 Å². The van der Waals surface area contributed by atoms with Crippen LogP contribution in [0.4, 0.5) is 55.7 Å². The maximum atomic E-state index is 14.2. The number of nitrogens with one attached hydrogen (secondary N) is 2. The Bertz CT molecular complexity index is 1570. The fourth-order valence-corrected chi connectivity index (χ4v) is 4.54. The predicted molar refractivity (Wildman–Crippen MR) is 133 cm³/mol. The normalized spacial score (nSPS) is 20.2. The summed E-state index contributed by atoms with van der Waals surface area (Å²) < 4.78 is 121. The van der Waals surface area contributed by atoms with Crippen molar-refractivity contribution in [2.75, 3.05) is 29.9 Å². The minimum atomic E-state index is -5.08. The van der Waals surface area contributed by atoms with Crippen LogP contribution in [0.25, 0.3) is 5.65 Å². The lowest BCUT2D eigenvalue weighted by Gasteiger charge is -2.28. The first-order valence-electron chi connectivity index (χ1n) is 12.2. The minimum Gasteiger partial charge on any atom is -0.475 e. The van der Waals surface area contributed by atoms with Crippen molar-refractivity contribution in [2.24, 2.45) is 0 Å². The zero-order valence-electron chi connectivity index (χ0n) is 21.9. The van der Waals surface area contributed by atoms with Crippen molar-refractivity contribution < 1.29 is 58.9 Å². The van der Waals surface area contributed by atoms with Gasteiger partial charge in [-0.15, -0.1) is 0 Å². The van der Waals surface area contributed by atoms with E-state index in [1.54, 1.807) is 0 Å². The molecule has 3 N–H and O–H groups in total. The van der Waals surface area contributed by atoms with Gasteiger partial charge in [-0.25, -0.2) is 24.1 Å². The smallest absolute Gasteiger partial charge is 0.475 e. The Kier molecular flexibility index (Phi) is 8.55. The summed E-state index contributed by atoms with van der Waals surface area (Å²) in [4.78, 5) is 30.3. The average molecular weight is 664 g/mol. The molecule has 2 amide bonds. The molecule has 0 radical (unpaired) electrons. The van der Waals surface area contributed by atoms with E-state index < -0.39 is 54.3 Å². The summed E-state index contributed by atoms with van der Waals surface area (Å²) in [6.45, 7) is 1.04. The number of aliphatic carboxylic acids is 1. The van der Waals surface area contributed by atoms with Crippen LogP contribution in [0.15, 0.2) is 24.4 Å². The number of urea groups is 1. The topological polar surface area (TPSA) is 134 Å². The van der Waals surface area contributed by atoms with Crippen LogP contribution >= 0.6 is 11.6 Å². The van der Waals surface area contributed by atoms with Crippen molar-refractivity contribution in [3.63, 3.8) is 0 Å². The molecule has 3 aromatic rings. The van der Waals surface area contributed by atoms with Crippen LogP contribution < -0.4 is 20.3 Å². The zero-order valence-corrected chi connectivity index (χ0v) is 22.7. The molecule has 44 heavy (non-hydrogen) atoms. The Labute approximate surface area is 244 Å². The van der Waals surface area contributed by atoms with Gasteiger partial charge in [-0.3, -0.25) is 4.90 Å². The average Bonchev–Trinajstić information content (AvgIpc) is 3.60. The first-order valence-corrected chi connectivity index (χ1v) is 12.6. The molecule has 0 bridgehead atoms. The molecule has 2 atom stereocenters. The summed E-state index contributed by atoms with van der Waals surface area (Å²) in [6.07, 6.45) is -13.6. The zero-order chi connectivity index (χ0) is 32.8. The Morgan fingerprint density at radius 3 is 2.34 bits per heavy atom. The molecule has 2 aliphatic rings. The molecule has 1 saturated heterocycles. The molecular weight excluding hydrogens is 645 g/mol. The molecule has 5 heterocycles. The van der Waals surface area contributed by atoms with Crippen molar-refractivity contribution in [1.29, 1.82) is 0 Å². The summed E-state index contributed by atoms with van der Waals surface area (Å²) in [7, 11) is 0. The molecule has 21 heteroatoms. The fourth-order valence-electron chi connectivity index (χ4n) is 4.37. The number of halogens is 10. The van der Waals surface area contributed by atoms with E-state index in [9.17, 15) is 44.3 Å². The number of hydrogen-bond donors (Lipinski definition) is 3. The van der Waals surface area contributed by atoms with E-state index in [-0.39, 0.29) is 33.7 Å². The van der Waals surface area contributed by atoms with Gasteiger partial charge in [0.15, 0.2) is 16.5 Å². The third kappa shape index (κ3) is 6.69. The van der Waals surface area contributed by atoms with Gasteiger partial charge in [0, 0.05) is 30.9 Å². The van der Waals surface area contributed by atoms with E-state index in [2.05, 4.69) is 25.7 Å². The van der Waals surface area contributed by atoms with Crippen molar-refractivity contribution in [3.8, 4) is 5.88 Å². The van der Waals surface area contributed by atoms with Gasteiger partial charge in [-0.05, 0) is 26.0 Å². The predicted octanol–water partition coefficient (Wildman–Crippen LogP) is 5.04.